The Kier molecular flexibility index (Phi) is 5.36. The lowest BCUT2D eigenvalue weighted by atomic mass is 9.49. The smallest absolute Gasteiger partial charge is 0.252 e. The second kappa shape index (κ2) is 7.65. The molecule has 0 atom stereocenters. The maximum absolute atomic E-state index is 12.8. The third kappa shape index (κ3) is 4.13. The molecule has 0 spiro atoms. The summed E-state index contributed by atoms with van der Waals surface area (Å²) in [5, 5.41) is 3.18. The fourth-order valence-electron chi connectivity index (χ4n) is 6.53. The molecule has 5 fully saturated rings. The van der Waals surface area contributed by atoms with Crippen LogP contribution < -0.4 is 10.0 Å². The molecule has 5 aliphatic rings. The van der Waals surface area contributed by atoms with Crippen LogP contribution in [-0.4, -0.2) is 26.9 Å². The molecule has 30 heavy (non-hydrogen) atoms. The van der Waals surface area contributed by atoms with Crippen LogP contribution in [0.4, 0.5) is 0 Å². The van der Waals surface area contributed by atoms with Crippen LogP contribution in [0.1, 0.15) is 68.1 Å². The van der Waals surface area contributed by atoms with Gasteiger partial charge in [0.05, 0.1) is 15.6 Å². The number of hydrogen-bond acceptors (Lipinski definition) is 3. The number of amides is 1. The molecule has 0 radical (unpaired) electrons. The first-order valence-corrected chi connectivity index (χ1v) is 13.3. The van der Waals surface area contributed by atoms with E-state index in [-0.39, 0.29) is 32.5 Å². The molecule has 5 aliphatic carbocycles. The first-order valence-electron chi connectivity index (χ1n) is 11.0. The van der Waals surface area contributed by atoms with Crippen LogP contribution in [0.2, 0.25) is 10.0 Å². The van der Waals surface area contributed by atoms with Crippen molar-refractivity contribution in [1.29, 1.82) is 0 Å². The Balaban J connectivity index is 1.26. The predicted molar refractivity (Wildman–Crippen MR) is 117 cm³/mol. The van der Waals surface area contributed by atoms with Gasteiger partial charge in [-0.2, -0.15) is 0 Å². The zero-order valence-corrected chi connectivity index (χ0v) is 19.3. The topological polar surface area (TPSA) is 75.3 Å². The van der Waals surface area contributed by atoms with E-state index < -0.39 is 10.0 Å². The van der Waals surface area contributed by atoms with E-state index in [1.54, 1.807) is 0 Å². The molecule has 8 heteroatoms. The summed E-state index contributed by atoms with van der Waals surface area (Å²) in [6.07, 6.45) is 10.7. The molecule has 0 aromatic heterocycles. The van der Waals surface area contributed by atoms with Crippen LogP contribution >= 0.6 is 23.2 Å². The van der Waals surface area contributed by atoms with Gasteiger partial charge in [-0.1, -0.05) is 23.2 Å². The highest BCUT2D eigenvalue weighted by atomic mass is 35.5. The van der Waals surface area contributed by atoms with Gasteiger partial charge in [0.2, 0.25) is 10.0 Å². The molecule has 1 aromatic carbocycles. The Morgan fingerprint density at radius 1 is 1.00 bits per heavy atom. The molecule has 5 saturated carbocycles. The van der Waals surface area contributed by atoms with Gasteiger partial charge >= 0.3 is 0 Å². The standard InChI is InChI=1S/C22H28Cl2N2O3S/c23-18-9-19(24)20(30(28,29)26-16-1-2-16)8-17(18)21(27)25-4-3-22-10-13-5-14(11-22)7-15(6-13)12-22/h8-9,13-16,26H,1-7,10-12H2,(H,25,27). The molecule has 5 nitrogen and oxygen atoms in total. The van der Waals surface area contributed by atoms with Crippen LogP contribution in [0, 0.1) is 23.2 Å². The maximum Gasteiger partial charge on any atom is 0.252 e. The summed E-state index contributed by atoms with van der Waals surface area (Å²) in [6.45, 7) is 0.590. The molecule has 4 bridgehead atoms. The fraction of sp³-hybridized carbons (Fsp3) is 0.682. The number of carbonyl (C=O) groups excluding carboxylic acids is 1. The van der Waals surface area contributed by atoms with Gasteiger partial charge in [-0.15, -0.1) is 0 Å². The summed E-state index contributed by atoms with van der Waals surface area (Å²) in [4.78, 5) is 12.7. The van der Waals surface area contributed by atoms with Gasteiger partial charge in [-0.3, -0.25) is 4.79 Å². The maximum atomic E-state index is 12.8. The van der Waals surface area contributed by atoms with E-state index in [0.717, 1.165) is 37.0 Å². The third-order valence-electron chi connectivity index (χ3n) is 7.56. The Morgan fingerprint density at radius 3 is 2.17 bits per heavy atom. The van der Waals surface area contributed by atoms with Gasteiger partial charge in [-0.25, -0.2) is 13.1 Å². The zero-order valence-electron chi connectivity index (χ0n) is 16.9. The fourth-order valence-corrected chi connectivity index (χ4v) is 8.69. The molecule has 0 unspecified atom stereocenters. The average Bonchev–Trinajstić information content (AvgIpc) is 3.43. The van der Waals surface area contributed by atoms with Crippen molar-refractivity contribution < 1.29 is 13.2 Å². The summed E-state index contributed by atoms with van der Waals surface area (Å²) < 4.78 is 27.8. The number of nitrogens with one attached hydrogen (secondary N) is 2. The van der Waals surface area contributed by atoms with Crippen molar-refractivity contribution in [2.75, 3.05) is 6.54 Å². The van der Waals surface area contributed by atoms with Crippen LogP contribution in [0.25, 0.3) is 0 Å². The van der Waals surface area contributed by atoms with Crippen LogP contribution in [0.5, 0.6) is 0 Å². The van der Waals surface area contributed by atoms with E-state index in [1.807, 2.05) is 0 Å². The lowest BCUT2D eigenvalue weighted by molar-refractivity contribution is -0.0564. The highest BCUT2D eigenvalue weighted by Gasteiger charge is 2.50. The minimum Gasteiger partial charge on any atom is -0.352 e. The average molecular weight is 471 g/mol. The number of benzene rings is 1. The Bertz CT molecular complexity index is 940. The van der Waals surface area contributed by atoms with Gasteiger partial charge in [0, 0.05) is 12.6 Å². The zero-order chi connectivity index (χ0) is 21.1. The summed E-state index contributed by atoms with van der Waals surface area (Å²) in [6, 6.07) is 2.60. The minimum absolute atomic E-state index is 0.0262. The van der Waals surface area contributed by atoms with Crippen molar-refractivity contribution in [3.8, 4) is 0 Å². The molecule has 0 saturated heterocycles. The second-order valence-electron chi connectivity index (χ2n) is 10.1. The largest absolute Gasteiger partial charge is 0.352 e. The van der Waals surface area contributed by atoms with E-state index in [0.29, 0.717) is 12.0 Å². The van der Waals surface area contributed by atoms with Crippen molar-refractivity contribution in [2.24, 2.45) is 23.2 Å². The SMILES string of the molecule is O=C(NCCC12CC3CC(CC(C3)C1)C2)c1cc(S(=O)(=O)NC2CC2)c(Cl)cc1Cl. The van der Waals surface area contributed by atoms with Gasteiger partial charge in [0.1, 0.15) is 4.90 Å². The first kappa shape index (κ1) is 21.0. The highest BCUT2D eigenvalue weighted by molar-refractivity contribution is 7.89. The lowest BCUT2D eigenvalue weighted by Gasteiger charge is -2.57. The molecule has 164 valence electrons. The second-order valence-corrected chi connectivity index (χ2v) is 12.6. The summed E-state index contributed by atoms with van der Waals surface area (Å²) in [7, 11) is -3.77. The van der Waals surface area contributed by atoms with E-state index in [1.165, 1.54) is 50.7 Å². The Morgan fingerprint density at radius 2 is 1.60 bits per heavy atom. The van der Waals surface area contributed by atoms with Crippen LogP contribution in [0.3, 0.4) is 0 Å². The number of hydrogen-bond donors (Lipinski definition) is 2. The first-order chi connectivity index (χ1) is 14.2. The van der Waals surface area contributed by atoms with Crippen LogP contribution in [0.15, 0.2) is 17.0 Å². The molecule has 0 heterocycles. The van der Waals surface area contributed by atoms with Crippen molar-refractivity contribution in [3.05, 3.63) is 27.7 Å². The third-order valence-corrected chi connectivity index (χ3v) is 9.86. The number of halogens is 2. The normalized spacial score (nSPS) is 32.4. The van der Waals surface area contributed by atoms with E-state index >= 15 is 0 Å². The van der Waals surface area contributed by atoms with Crippen molar-refractivity contribution in [1.82, 2.24) is 10.0 Å². The minimum atomic E-state index is -3.77. The highest BCUT2D eigenvalue weighted by Crippen LogP contribution is 2.61. The molecule has 2 N–H and O–H groups in total. The summed E-state index contributed by atoms with van der Waals surface area (Å²) in [5.74, 6) is 2.29. The number of sulfonamides is 1. The molecule has 1 amide bonds. The molecule has 0 aliphatic heterocycles. The van der Waals surface area contributed by atoms with Gasteiger partial charge in [0.15, 0.2) is 0 Å². The van der Waals surface area contributed by atoms with Gasteiger partial charge < -0.3 is 5.32 Å². The molecule has 6 rings (SSSR count). The van der Waals surface area contributed by atoms with E-state index in [4.69, 9.17) is 23.2 Å². The summed E-state index contributed by atoms with van der Waals surface area (Å²) >= 11 is 12.4. The quantitative estimate of drug-likeness (QED) is 0.602. The lowest BCUT2D eigenvalue weighted by Crippen LogP contribution is -2.47. The van der Waals surface area contributed by atoms with Gasteiger partial charge in [-0.05, 0) is 93.1 Å². The van der Waals surface area contributed by atoms with Crippen molar-refractivity contribution in [3.63, 3.8) is 0 Å². The van der Waals surface area contributed by atoms with Crippen LogP contribution in [-0.2, 0) is 10.0 Å². The monoisotopic (exact) mass is 470 g/mol. The van der Waals surface area contributed by atoms with Crippen molar-refractivity contribution >= 4 is 39.1 Å². The number of carbonyl (C=O) groups is 1. The molecular formula is C22H28Cl2N2O3S. The summed E-state index contributed by atoms with van der Waals surface area (Å²) in [5.41, 5.74) is 0.539. The van der Waals surface area contributed by atoms with Gasteiger partial charge in [0.25, 0.3) is 5.91 Å². The molecular weight excluding hydrogens is 443 g/mol. The number of rotatable bonds is 7. The van der Waals surface area contributed by atoms with E-state index in [2.05, 4.69) is 10.0 Å². The Hall–Kier alpha value is -0.820. The Labute approximate surface area is 188 Å². The molecule has 1 aromatic rings. The van der Waals surface area contributed by atoms with Crippen molar-refractivity contribution in [2.45, 2.75) is 68.7 Å². The predicted octanol–water partition coefficient (Wildman–Crippen LogP) is 4.77. The van der Waals surface area contributed by atoms with E-state index in [9.17, 15) is 13.2 Å².